The molecule has 0 radical (unpaired) electrons. The molecule has 0 aliphatic heterocycles. The zero-order valence-corrected chi connectivity index (χ0v) is 11.9. The van der Waals surface area contributed by atoms with Crippen LogP contribution in [0.5, 0.6) is 0 Å². The average Bonchev–Trinajstić information content (AvgIpc) is 2.27. The number of sulfone groups is 1. The minimum atomic E-state index is -3.03. The Morgan fingerprint density at radius 3 is 2.37 bits per heavy atom. The second-order valence-electron chi connectivity index (χ2n) is 5.19. The van der Waals surface area contributed by atoms with Crippen molar-refractivity contribution in [2.24, 2.45) is 0 Å². The number of hydrogen-bond acceptors (Lipinski definition) is 3. The normalized spacial score (nSPS) is 17.5. The van der Waals surface area contributed by atoms with Crippen LogP contribution in [0.2, 0.25) is 0 Å². The summed E-state index contributed by atoms with van der Waals surface area (Å²) in [6.45, 7) is 0.187. The van der Waals surface area contributed by atoms with Crippen LogP contribution in [-0.2, 0) is 20.0 Å². The molecule has 0 spiro atoms. The summed E-state index contributed by atoms with van der Waals surface area (Å²) in [6, 6.07) is 9.72. The SMILES string of the molecule is CS(=O)(=O)CCNC(=O)C1(c2ccccc2)CCC1. The lowest BCUT2D eigenvalue weighted by Crippen LogP contribution is -2.50. The molecule has 1 N–H and O–H groups in total. The first-order chi connectivity index (χ1) is 8.94. The minimum absolute atomic E-state index is 0.0103. The lowest BCUT2D eigenvalue weighted by atomic mass is 9.64. The van der Waals surface area contributed by atoms with Crippen LogP contribution in [0.25, 0.3) is 0 Å². The molecule has 1 aromatic rings. The van der Waals surface area contributed by atoms with E-state index in [0.717, 1.165) is 24.8 Å². The summed E-state index contributed by atoms with van der Waals surface area (Å²) in [4.78, 5) is 12.3. The fourth-order valence-corrected chi connectivity index (χ4v) is 2.93. The van der Waals surface area contributed by atoms with Gasteiger partial charge in [-0.3, -0.25) is 4.79 Å². The Labute approximate surface area is 114 Å². The Balaban J connectivity index is 2.04. The number of nitrogens with one attached hydrogen (secondary N) is 1. The van der Waals surface area contributed by atoms with Crippen LogP contribution in [0.3, 0.4) is 0 Å². The van der Waals surface area contributed by atoms with Crippen molar-refractivity contribution in [1.29, 1.82) is 0 Å². The van der Waals surface area contributed by atoms with E-state index in [2.05, 4.69) is 5.32 Å². The van der Waals surface area contributed by atoms with E-state index in [-0.39, 0.29) is 18.2 Å². The van der Waals surface area contributed by atoms with Gasteiger partial charge in [-0.25, -0.2) is 8.42 Å². The van der Waals surface area contributed by atoms with Crippen LogP contribution < -0.4 is 5.32 Å². The monoisotopic (exact) mass is 281 g/mol. The van der Waals surface area contributed by atoms with Crippen LogP contribution in [0.1, 0.15) is 24.8 Å². The lowest BCUT2D eigenvalue weighted by Gasteiger charge is -2.40. The minimum Gasteiger partial charge on any atom is -0.354 e. The zero-order chi connectivity index (χ0) is 13.9. The molecule has 0 atom stereocenters. The van der Waals surface area contributed by atoms with Crippen LogP contribution in [0.4, 0.5) is 0 Å². The van der Waals surface area contributed by atoms with Gasteiger partial charge < -0.3 is 5.32 Å². The number of carbonyl (C=O) groups excluding carboxylic acids is 1. The third kappa shape index (κ3) is 3.15. The van der Waals surface area contributed by atoms with E-state index in [9.17, 15) is 13.2 Å². The number of hydrogen-bond donors (Lipinski definition) is 1. The third-order valence-electron chi connectivity index (χ3n) is 3.73. The molecule has 104 valence electrons. The molecule has 1 fully saturated rings. The second-order valence-corrected chi connectivity index (χ2v) is 7.45. The first-order valence-corrected chi connectivity index (χ1v) is 8.52. The van der Waals surface area contributed by atoms with Gasteiger partial charge in [0.15, 0.2) is 0 Å². The molecule has 1 amide bonds. The first-order valence-electron chi connectivity index (χ1n) is 6.46. The topological polar surface area (TPSA) is 63.2 Å². The molecule has 5 heteroatoms. The van der Waals surface area contributed by atoms with E-state index in [1.807, 2.05) is 30.3 Å². The van der Waals surface area contributed by atoms with E-state index < -0.39 is 15.3 Å². The summed E-state index contributed by atoms with van der Waals surface area (Å²) in [5, 5.41) is 2.76. The quantitative estimate of drug-likeness (QED) is 0.884. The van der Waals surface area contributed by atoms with E-state index in [4.69, 9.17) is 0 Å². The molecule has 0 aromatic heterocycles. The standard InChI is InChI=1S/C14H19NO3S/c1-19(17,18)11-10-15-13(16)14(8-5-9-14)12-6-3-2-4-7-12/h2-4,6-7H,5,8-11H2,1H3,(H,15,16). The predicted octanol–water partition coefficient (Wildman–Crippen LogP) is 1.27. The molecule has 0 unspecified atom stereocenters. The van der Waals surface area contributed by atoms with Crippen molar-refractivity contribution in [2.75, 3.05) is 18.6 Å². The van der Waals surface area contributed by atoms with Crippen LogP contribution >= 0.6 is 0 Å². The second kappa shape index (κ2) is 5.33. The molecule has 1 aliphatic carbocycles. The predicted molar refractivity (Wildman–Crippen MR) is 74.7 cm³/mol. The highest BCUT2D eigenvalue weighted by molar-refractivity contribution is 7.90. The molecule has 1 saturated carbocycles. The summed E-state index contributed by atoms with van der Waals surface area (Å²) in [5.41, 5.74) is 0.580. The van der Waals surface area contributed by atoms with Gasteiger partial charge in [-0.15, -0.1) is 0 Å². The highest BCUT2D eigenvalue weighted by Crippen LogP contribution is 2.43. The van der Waals surface area contributed by atoms with Crippen molar-refractivity contribution >= 4 is 15.7 Å². The highest BCUT2D eigenvalue weighted by atomic mass is 32.2. The molecule has 4 nitrogen and oxygen atoms in total. The molecule has 1 aliphatic rings. The third-order valence-corrected chi connectivity index (χ3v) is 4.67. The lowest BCUT2D eigenvalue weighted by molar-refractivity contribution is -0.129. The Morgan fingerprint density at radius 1 is 1.26 bits per heavy atom. The van der Waals surface area contributed by atoms with Crippen molar-refractivity contribution in [1.82, 2.24) is 5.32 Å². The van der Waals surface area contributed by atoms with Gasteiger partial charge >= 0.3 is 0 Å². The summed E-state index contributed by atoms with van der Waals surface area (Å²) in [5.74, 6) is -0.0579. The van der Waals surface area contributed by atoms with Gasteiger partial charge in [-0.1, -0.05) is 36.8 Å². The maximum absolute atomic E-state index is 12.3. The van der Waals surface area contributed by atoms with Gasteiger partial charge in [-0.2, -0.15) is 0 Å². The molecule has 1 aromatic carbocycles. The van der Waals surface area contributed by atoms with E-state index in [1.165, 1.54) is 6.26 Å². The van der Waals surface area contributed by atoms with Gasteiger partial charge in [0.05, 0.1) is 11.2 Å². The van der Waals surface area contributed by atoms with Crippen molar-refractivity contribution in [2.45, 2.75) is 24.7 Å². The fraction of sp³-hybridized carbons (Fsp3) is 0.500. The Hall–Kier alpha value is -1.36. The van der Waals surface area contributed by atoms with Gasteiger partial charge in [0.1, 0.15) is 9.84 Å². The number of carbonyl (C=O) groups is 1. The maximum Gasteiger partial charge on any atom is 0.230 e. The summed E-state index contributed by atoms with van der Waals surface area (Å²) in [7, 11) is -3.03. The molecule has 2 rings (SSSR count). The van der Waals surface area contributed by atoms with Gasteiger partial charge in [0.25, 0.3) is 0 Å². The molecular weight excluding hydrogens is 262 g/mol. The molecule has 19 heavy (non-hydrogen) atoms. The van der Waals surface area contributed by atoms with Gasteiger partial charge in [-0.05, 0) is 18.4 Å². The van der Waals surface area contributed by atoms with E-state index >= 15 is 0 Å². The van der Waals surface area contributed by atoms with Crippen LogP contribution in [-0.4, -0.2) is 32.9 Å². The van der Waals surface area contributed by atoms with Crippen LogP contribution in [0, 0.1) is 0 Å². The van der Waals surface area contributed by atoms with Gasteiger partial charge in [0.2, 0.25) is 5.91 Å². The molecule has 0 bridgehead atoms. The zero-order valence-electron chi connectivity index (χ0n) is 11.1. The number of amides is 1. The molecular formula is C14H19NO3S. The van der Waals surface area contributed by atoms with E-state index in [0.29, 0.717) is 0 Å². The fourth-order valence-electron chi connectivity index (χ4n) is 2.45. The number of rotatable bonds is 5. The Kier molecular flexibility index (Phi) is 3.94. The van der Waals surface area contributed by atoms with E-state index in [1.54, 1.807) is 0 Å². The van der Waals surface area contributed by atoms with Crippen molar-refractivity contribution in [3.63, 3.8) is 0 Å². The smallest absolute Gasteiger partial charge is 0.230 e. The Morgan fingerprint density at radius 2 is 1.89 bits per heavy atom. The number of benzene rings is 1. The maximum atomic E-state index is 12.3. The summed E-state index contributed by atoms with van der Waals surface area (Å²) in [6.07, 6.45) is 3.88. The molecule has 0 saturated heterocycles. The van der Waals surface area contributed by atoms with Crippen LogP contribution in [0.15, 0.2) is 30.3 Å². The highest BCUT2D eigenvalue weighted by Gasteiger charge is 2.45. The summed E-state index contributed by atoms with van der Waals surface area (Å²) < 4.78 is 22.1. The molecule has 0 heterocycles. The van der Waals surface area contributed by atoms with Crippen molar-refractivity contribution in [3.05, 3.63) is 35.9 Å². The Bertz CT molecular complexity index is 547. The van der Waals surface area contributed by atoms with Gasteiger partial charge in [0, 0.05) is 12.8 Å². The van der Waals surface area contributed by atoms with Crippen molar-refractivity contribution in [3.8, 4) is 0 Å². The average molecular weight is 281 g/mol. The largest absolute Gasteiger partial charge is 0.354 e. The van der Waals surface area contributed by atoms with Crippen molar-refractivity contribution < 1.29 is 13.2 Å². The summed E-state index contributed by atoms with van der Waals surface area (Å²) >= 11 is 0. The first kappa shape index (κ1) is 14.1.